The van der Waals surface area contributed by atoms with Gasteiger partial charge in [0, 0.05) is 22.7 Å². The first kappa shape index (κ1) is 15.6. The molecule has 3 aromatic rings. The van der Waals surface area contributed by atoms with Crippen molar-refractivity contribution in [1.29, 1.82) is 0 Å². The van der Waals surface area contributed by atoms with Crippen LogP contribution in [0.4, 0.5) is 5.69 Å². The number of benzene rings is 2. The van der Waals surface area contributed by atoms with Gasteiger partial charge in [-0.2, -0.15) is 0 Å². The van der Waals surface area contributed by atoms with Gasteiger partial charge in [-0.05, 0) is 37.1 Å². The fourth-order valence-corrected chi connectivity index (χ4v) is 3.02. The smallest absolute Gasteiger partial charge is 0.228 e. The number of fused-ring (bicyclic) bond motifs is 2. The second kappa shape index (κ2) is 6.16. The van der Waals surface area contributed by atoms with Gasteiger partial charge >= 0.3 is 0 Å². The summed E-state index contributed by atoms with van der Waals surface area (Å²) in [6.07, 6.45) is 1.92. The van der Waals surface area contributed by atoms with Gasteiger partial charge in [0.2, 0.25) is 5.91 Å². The van der Waals surface area contributed by atoms with Gasteiger partial charge < -0.3 is 19.2 Å². The molecular formula is C20H19NO4. The van der Waals surface area contributed by atoms with Crippen molar-refractivity contribution in [2.45, 2.75) is 20.3 Å². The summed E-state index contributed by atoms with van der Waals surface area (Å²) in [5, 5.41) is 3.89. The van der Waals surface area contributed by atoms with Crippen molar-refractivity contribution in [2.24, 2.45) is 0 Å². The van der Waals surface area contributed by atoms with E-state index < -0.39 is 0 Å². The molecule has 5 heteroatoms. The van der Waals surface area contributed by atoms with Crippen molar-refractivity contribution in [2.75, 3.05) is 18.5 Å². The molecule has 5 nitrogen and oxygen atoms in total. The lowest BCUT2D eigenvalue weighted by Gasteiger charge is -2.19. The Balaban J connectivity index is 1.52. The Kier molecular flexibility index (Phi) is 3.84. The average Bonchev–Trinajstić information content (AvgIpc) is 3.01. The number of hydrogen-bond donors (Lipinski definition) is 1. The molecule has 0 fully saturated rings. The summed E-state index contributed by atoms with van der Waals surface area (Å²) in [4.78, 5) is 12.4. The fraction of sp³-hybridized carbons (Fsp3) is 0.250. The predicted molar refractivity (Wildman–Crippen MR) is 95.5 cm³/mol. The Bertz CT molecular complexity index is 958. The number of nitrogens with one attached hydrogen (secondary N) is 1. The van der Waals surface area contributed by atoms with E-state index in [0.29, 0.717) is 30.4 Å². The molecule has 2 aromatic carbocycles. The van der Waals surface area contributed by atoms with Crippen LogP contribution in [-0.4, -0.2) is 19.1 Å². The minimum absolute atomic E-state index is 0.0994. The fourth-order valence-electron chi connectivity index (χ4n) is 3.02. The van der Waals surface area contributed by atoms with Crippen molar-refractivity contribution in [1.82, 2.24) is 0 Å². The summed E-state index contributed by atoms with van der Waals surface area (Å²) in [5.74, 6) is 1.26. The number of hydrogen-bond acceptors (Lipinski definition) is 4. The Labute approximate surface area is 145 Å². The number of anilines is 1. The second-order valence-electron chi connectivity index (χ2n) is 6.23. The van der Waals surface area contributed by atoms with E-state index >= 15 is 0 Å². The molecule has 0 bridgehead atoms. The molecule has 1 aromatic heterocycles. The van der Waals surface area contributed by atoms with Gasteiger partial charge in [0.05, 0.1) is 12.7 Å². The molecule has 1 aliphatic heterocycles. The number of furan rings is 1. The summed E-state index contributed by atoms with van der Waals surface area (Å²) in [6, 6.07) is 9.46. The zero-order valence-corrected chi connectivity index (χ0v) is 14.2. The van der Waals surface area contributed by atoms with Crippen LogP contribution in [0, 0.1) is 13.8 Å². The van der Waals surface area contributed by atoms with E-state index in [9.17, 15) is 4.79 Å². The summed E-state index contributed by atoms with van der Waals surface area (Å²) in [6.45, 7) is 5.14. The average molecular weight is 337 g/mol. The highest BCUT2D eigenvalue weighted by atomic mass is 16.6. The molecule has 1 N–H and O–H groups in total. The SMILES string of the molecule is Cc1ccc2c(CC(=O)Nc3ccc4c(c3)OCCO4)coc2c1C. The molecule has 0 saturated heterocycles. The van der Waals surface area contributed by atoms with E-state index in [1.54, 1.807) is 12.3 Å². The van der Waals surface area contributed by atoms with Crippen LogP contribution in [-0.2, 0) is 11.2 Å². The Morgan fingerprint density at radius 3 is 2.72 bits per heavy atom. The molecule has 2 heterocycles. The minimum atomic E-state index is -0.0994. The monoisotopic (exact) mass is 337 g/mol. The third kappa shape index (κ3) is 2.93. The van der Waals surface area contributed by atoms with E-state index in [1.165, 1.54) is 5.56 Å². The molecule has 25 heavy (non-hydrogen) atoms. The van der Waals surface area contributed by atoms with Gasteiger partial charge in [0.15, 0.2) is 11.5 Å². The van der Waals surface area contributed by atoms with Crippen LogP contribution in [0.15, 0.2) is 41.0 Å². The first-order valence-electron chi connectivity index (χ1n) is 8.27. The van der Waals surface area contributed by atoms with Crippen molar-refractivity contribution >= 4 is 22.6 Å². The van der Waals surface area contributed by atoms with Crippen LogP contribution in [0.25, 0.3) is 11.0 Å². The summed E-state index contributed by atoms with van der Waals surface area (Å²) >= 11 is 0. The zero-order chi connectivity index (χ0) is 17.4. The number of rotatable bonds is 3. The normalized spacial score (nSPS) is 13.0. The molecule has 4 rings (SSSR count). The van der Waals surface area contributed by atoms with Gasteiger partial charge in [0.1, 0.15) is 18.8 Å². The second-order valence-corrected chi connectivity index (χ2v) is 6.23. The van der Waals surface area contributed by atoms with Gasteiger partial charge in [-0.1, -0.05) is 12.1 Å². The summed E-state index contributed by atoms with van der Waals surface area (Å²) < 4.78 is 16.7. The van der Waals surface area contributed by atoms with Gasteiger partial charge in [-0.3, -0.25) is 4.79 Å². The van der Waals surface area contributed by atoms with Crippen LogP contribution < -0.4 is 14.8 Å². The highest BCUT2D eigenvalue weighted by molar-refractivity contribution is 5.96. The number of carbonyl (C=O) groups excluding carboxylic acids is 1. The maximum absolute atomic E-state index is 12.4. The van der Waals surface area contributed by atoms with Crippen molar-refractivity contribution in [3.8, 4) is 11.5 Å². The molecule has 0 atom stereocenters. The third-order valence-electron chi connectivity index (χ3n) is 4.52. The molecule has 1 aliphatic rings. The van der Waals surface area contributed by atoms with Crippen molar-refractivity contribution in [3.05, 3.63) is 53.3 Å². The Morgan fingerprint density at radius 1 is 1.08 bits per heavy atom. The topological polar surface area (TPSA) is 60.7 Å². The first-order chi connectivity index (χ1) is 12.1. The molecule has 0 saturated carbocycles. The van der Waals surface area contributed by atoms with Crippen LogP contribution in [0.3, 0.4) is 0 Å². The third-order valence-corrected chi connectivity index (χ3v) is 4.52. The highest BCUT2D eigenvalue weighted by Gasteiger charge is 2.15. The predicted octanol–water partition coefficient (Wildman–Crippen LogP) is 4.00. The lowest BCUT2D eigenvalue weighted by Crippen LogP contribution is -2.17. The van der Waals surface area contributed by atoms with E-state index in [4.69, 9.17) is 13.9 Å². The minimum Gasteiger partial charge on any atom is -0.486 e. The first-order valence-corrected chi connectivity index (χ1v) is 8.27. The maximum atomic E-state index is 12.4. The summed E-state index contributed by atoms with van der Waals surface area (Å²) in [7, 11) is 0. The largest absolute Gasteiger partial charge is 0.486 e. The van der Waals surface area contributed by atoms with Gasteiger partial charge in [0.25, 0.3) is 0 Å². The molecule has 0 aliphatic carbocycles. The van der Waals surface area contributed by atoms with Crippen LogP contribution >= 0.6 is 0 Å². The highest BCUT2D eigenvalue weighted by Crippen LogP contribution is 2.33. The van der Waals surface area contributed by atoms with Crippen LogP contribution in [0.1, 0.15) is 16.7 Å². The van der Waals surface area contributed by atoms with E-state index in [2.05, 4.69) is 11.4 Å². The quantitative estimate of drug-likeness (QED) is 0.785. The number of amides is 1. The lowest BCUT2D eigenvalue weighted by molar-refractivity contribution is -0.115. The molecular weight excluding hydrogens is 318 g/mol. The Hall–Kier alpha value is -2.95. The summed E-state index contributed by atoms with van der Waals surface area (Å²) in [5.41, 5.74) is 4.70. The van der Waals surface area contributed by atoms with Crippen LogP contribution in [0.5, 0.6) is 11.5 Å². The lowest BCUT2D eigenvalue weighted by atomic mass is 10.0. The van der Waals surface area contributed by atoms with E-state index in [1.807, 2.05) is 32.0 Å². The molecule has 0 radical (unpaired) electrons. The van der Waals surface area contributed by atoms with Crippen LogP contribution in [0.2, 0.25) is 0 Å². The molecule has 128 valence electrons. The molecule has 1 amide bonds. The standard InChI is InChI=1S/C20H19NO4/c1-12-3-5-16-14(11-25-20(16)13(12)2)9-19(22)21-15-4-6-17-18(10-15)24-8-7-23-17/h3-6,10-11H,7-9H2,1-2H3,(H,21,22). The van der Waals surface area contributed by atoms with Gasteiger partial charge in [-0.25, -0.2) is 0 Å². The number of ether oxygens (including phenoxy) is 2. The molecule has 0 spiro atoms. The number of carbonyl (C=O) groups is 1. The van der Waals surface area contributed by atoms with Gasteiger partial charge in [-0.15, -0.1) is 0 Å². The van der Waals surface area contributed by atoms with Crippen molar-refractivity contribution in [3.63, 3.8) is 0 Å². The maximum Gasteiger partial charge on any atom is 0.228 e. The van der Waals surface area contributed by atoms with E-state index in [0.717, 1.165) is 22.1 Å². The molecule has 0 unspecified atom stereocenters. The van der Waals surface area contributed by atoms with E-state index in [-0.39, 0.29) is 12.3 Å². The number of aryl methyl sites for hydroxylation is 2. The Morgan fingerprint density at radius 2 is 1.88 bits per heavy atom. The zero-order valence-electron chi connectivity index (χ0n) is 14.2. The van der Waals surface area contributed by atoms with Crippen molar-refractivity contribution < 1.29 is 18.7 Å².